The average Bonchev–Trinajstić information content (AvgIpc) is 1.80. The van der Waals surface area contributed by atoms with E-state index in [2.05, 4.69) is 21.6 Å². The molecule has 0 saturated carbocycles. The van der Waals surface area contributed by atoms with Gasteiger partial charge in [-0.2, -0.15) is 0 Å². The van der Waals surface area contributed by atoms with Crippen molar-refractivity contribution in [1.29, 1.82) is 0 Å². The first kappa shape index (κ1) is 9.10. The van der Waals surface area contributed by atoms with Crippen LogP contribution in [0.5, 0.6) is 0 Å². The zero-order valence-corrected chi connectivity index (χ0v) is 6.85. The molecular formula is C2H5N2O2PS2. The van der Waals surface area contributed by atoms with Crippen molar-refractivity contribution in [3.8, 4) is 0 Å². The third-order valence-electron chi connectivity index (χ3n) is 0.397. The van der Waals surface area contributed by atoms with Crippen molar-refractivity contribution in [2.75, 3.05) is 5.88 Å². The van der Waals surface area contributed by atoms with E-state index >= 15 is 0 Å². The lowest BCUT2D eigenvalue weighted by Gasteiger charge is -1.95. The van der Waals surface area contributed by atoms with Crippen LogP contribution in [0.15, 0.2) is 0 Å². The minimum absolute atomic E-state index is 0.318. The standard InChI is InChI=1S/C2H5N2O2PS2/c5-2(6)3-1-9-4-7-8/h3H,1H2,(H,4,8)(H,5,6). The summed E-state index contributed by atoms with van der Waals surface area (Å²) < 4.78 is 2.68. The molecule has 0 aromatic rings. The smallest absolute Gasteiger partial charge is 0.405 e. The second kappa shape index (κ2) is 6.22. The largest absolute Gasteiger partial charge is 0.465 e. The zero-order chi connectivity index (χ0) is 7.11. The fourth-order valence-electron chi connectivity index (χ4n) is 0.156. The summed E-state index contributed by atoms with van der Waals surface area (Å²) in [5.41, 5.74) is 0. The van der Waals surface area contributed by atoms with Gasteiger partial charge in [-0.25, -0.2) is 9.29 Å². The van der Waals surface area contributed by atoms with Crippen LogP contribution >= 0.6 is 19.5 Å². The fraction of sp³-hybridized carbons (Fsp3) is 0.500. The van der Waals surface area contributed by atoms with E-state index in [1.54, 1.807) is 0 Å². The Morgan fingerprint density at radius 3 is 3.00 bits per heavy atom. The van der Waals surface area contributed by atoms with Gasteiger partial charge in [-0.3, -0.25) is 0 Å². The van der Waals surface area contributed by atoms with Crippen LogP contribution < -0.4 is 9.81 Å². The van der Waals surface area contributed by atoms with Gasteiger partial charge in [0, 0.05) is 0 Å². The van der Waals surface area contributed by atoms with Gasteiger partial charge in [0.2, 0.25) is 0 Å². The summed E-state index contributed by atoms with van der Waals surface area (Å²) in [6.45, 7) is 0. The molecule has 0 atom stereocenters. The molecule has 0 unspecified atom stereocenters. The lowest BCUT2D eigenvalue weighted by molar-refractivity contribution is 0.196. The highest BCUT2D eigenvalue weighted by Crippen LogP contribution is 1.95. The monoisotopic (exact) mass is 184 g/mol. The van der Waals surface area contributed by atoms with Gasteiger partial charge < -0.3 is 10.4 Å². The third-order valence-corrected chi connectivity index (χ3v) is 2.17. The number of amides is 1. The lowest BCUT2D eigenvalue weighted by atomic mass is 11.1. The molecule has 0 aliphatic heterocycles. The normalized spacial score (nSPS) is 9.33. The summed E-state index contributed by atoms with van der Waals surface area (Å²) in [6.07, 6.45) is -1.02. The van der Waals surface area contributed by atoms with Crippen molar-refractivity contribution in [3.05, 3.63) is 0 Å². The van der Waals surface area contributed by atoms with Crippen LogP contribution in [0.25, 0.3) is 0 Å². The molecule has 4 nitrogen and oxygen atoms in total. The molecule has 7 heteroatoms. The predicted molar refractivity (Wildman–Crippen MR) is 41.0 cm³/mol. The summed E-state index contributed by atoms with van der Waals surface area (Å²) in [6, 6.07) is 0. The number of hydrogen-bond acceptors (Lipinski definition) is 3. The van der Waals surface area contributed by atoms with Gasteiger partial charge in [0.15, 0.2) is 0 Å². The first-order valence-electron chi connectivity index (χ1n) is 1.93. The van der Waals surface area contributed by atoms with Gasteiger partial charge in [0.25, 0.3) is 0 Å². The molecule has 0 saturated heterocycles. The maximum Gasteiger partial charge on any atom is 0.405 e. The Kier molecular flexibility index (Phi) is 6.29. The van der Waals surface area contributed by atoms with Gasteiger partial charge in [-0.1, -0.05) is 11.9 Å². The number of rotatable bonds is 4. The first-order valence-corrected chi connectivity index (χ1v) is 4.82. The van der Waals surface area contributed by atoms with Crippen LogP contribution in [-0.2, 0) is 11.8 Å². The van der Waals surface area contributed by atoms with E-state index in [1.807, 2.05) is 0 Å². The highest BCUT2D eigenvalue weighted by atomic mass is 32.4. The molecule has 0 rings (SSSR count). The maximum absolute atomic E-state index is 9.78. The third kappa shape index (κ3) is 8.10. The van der Waals surface area contributed by atoms with E-state index in [4.69, 9.17) is 5.11 Å². The van der Waals surface area contributed by atoms with Crippen LogP contribution in [0.2, 0.25) is 0 Å². The van der Waals surface area contributed by atoms with E-state index in [-0.39, 0.29) is 0 Å². The number of carboxylic acid groups (broad SMARTS) is 1. The molecule has 0 aliphatic carbocycles. The summed E-state index contributed by atoms with van der Waals surface area (Å²) >= 11 is 5.72. The Morgan fingerprint density at radius 2 is 2.56 bits per heavy atom. The Labute approximate surface area is 63.4 Å². The van der Waals surface area contributed by atoms with Gasteiger partial charge in [0.05, 0.1) is 13.4 Å². The van der Waals surface area contributed by atoms with E-state index in [1.165, 1.54) is 11.9 Å². The summed E-state index contributed by atoms with van der Waals surface area (Å²) in [4.78, 5) is 9.78. The second-order valence-electron chi connectivity index (χ2n) is 0.953. The van der Waals surface area contributed by atoms with Gasteiger partial charge in [-0.15, -0.1) is 0 Å². The Balaban J connectivity index is 2.91. The fourth-order valence-corrected chi connectivity index (χ4v) is 1.30. The lowest BCUT2D eigenvalue weighted by Crippen LogP contribution is -2.20. The van der Waals surface area contributed by atoms with Crippen molar-refractivity contribution in [3.63, 3.8) is 0 Å². The van der Waals surface area contributed by atoms with Crippen LogP contribution in [0.3, 0.4) is 0 Å². The molecule has 0 aliphatic rings. The van der Waals surface area contributed by atoms with Crippen LogP contribution in [0.1, 0.15) is 0 Å². The number of hydrogen-bond donors (Lipinski definition) is 3. The van der Waals surface area contributed by atoms with E-state index in [0.29, 0.717) is 13.4 Å². The van der Waals surface area contributed by atoms with Crippen molar-refractivity contribution in [2.45, 2.75) is 0 Å². The molecule has 0 bridgehead atoms. The summed E-state index contributed by atoms with van der Waals surface area (Å²) in [7, 11) is 0.621. The van der Waals surface area contributed by atoms with Crippen molar-refractivity contribution < 1.29 is 9.90 Å². The molecule has 0 radical (unpaired) electrons. The molecule has 0 aromatic carbocycles. The zero-order valence-electron chi connectivity index (χ0n) is 4.33. The van der Waals surface area contributed by atoms with Crippen molar-refractivity contribution in [1.82, 2.24) is 9.81 Å². The summed E-state index contributed by atoms with van der Waals surface area (Å²) in [5, 5.41) is 10.2. The van der Waals surface area contributed by atoms with Crippen LogP contribution in [0, 0.1) is 0 Å². The Morgan fingerprint density at radius 1 is 1.89 bits per heavy atom. The average molecular weight is 184 g/mol. The van der Waals surface area contributed by atoms with Gasteiger partial charge in [-0.05, 0) is 11.8 Å². The quantitative estimate of drug-likeness (QED) is 0.261. The Hall–Kier alpha value is 0.100. The maximum atomic E-state index is 9.78. The van der Waals surface area contributed by atoms with Crippen LogP contribution in [-0.4, -0.2) is 17.1 Å². The molecule has 0 spiro atoms. The highest BCUT2D eigenvalue weighted by molar-refractivity contribution is 8.07. The minimum atomic E-state index is -1.02. The van der Waals surface area contributed by atoms with Gasteiger partial charge >= 0.3 is 6.09 Å². The second-order valence-corrected chi connectivity index (χ2v) is 2.99. The number of carbonyl (C=O) groups is 1. The minimum Gasteiger partial charge on any atom is -0.465 e. The molecule has 0 heterocycles. The molecular weight excluding hydrogens is 179 g/mol. The topological polar surface area (TPSA) is 61.4 Å². The molecule has 1 amide bonds. The van der Waals surface area contributed by atoms with E-state index in [9.17, 15) is 4.79 Å². The Bertz CT molecular complexity index is 111. The molecule has 0 aromatic heterocycles. The summed E-state index contributed by atoms with van der Waals surface area (Å²) in [5.74, 6) is 0.318. The van der Waals surface area contributed by atoms with Crippen molar-refractivity contribution in [2.24, 2.45) is 0 Å². The predicted octanol–water partition coefficient (Wildman–Crippen LogP) is 0.772. The van der Waals surface area contributed by atoms with Gasteiger partial charge in [0.1, 0.15) is 0 Å². The van der Waals surface area contributed by atoms with E-state index in [0.717, 1.165) is 0 Å². The molecule has 3 N–H and O–H groups in total. The molecule has 52 valence electrons. The highest BCUT2D eigenvalue weighted by Gasteiger charge is 1.89. The van der Waals surface area contributed by atoms with E-state index < -0.39 is 6.09 Å². The number of nitrogens with one attached hydrogen (secondary N) is 2. The SMILES string of the molecule is O=C(O)NCSNP=S. The first-order chi connectivity index (χ1) is 4.27. The molecule has 9 heavy (non-hydrogen) atoms. The van der Waals surface area contributed by atoms with Crippen molar-refractivity contribution >= 4 is 37.4 Å². The van der Waals surface area contributed by atoms with Crippen LogP contribution in [0.4, 0.5) is 4.79 Å². The molecule has 0 fully saturated rings.